The van der Waals surface area contributed by atoms with Crippen molar-refractivity contribution in [2.45, 2.75) is 13.3 Å². The molecule has 2 aromatic rings. The first-order valence-electron chi connectivity index (χ1n) is 4.74. The Labute approximate surface area is 88.6 Å². The summed E-state index contributed by atoms with van der Waals surface area (Å²) in [4.78, 5) is 0. The van der Waals surface area contributed by atoms with E-state index in [1.807, 2.05) is 24.4 Å². The highest BCUT2D eigenvalue weighted by Crippen LogP contribution is 2.20. The molecule has 0 radical (unpaired) electrons. The Morgan fingerprint density at radius 1 is 1.36 bits per heavy atom. The summed E-state index contributed by atoms with van der Waals surface area (Å²) >= 11 is 5.91. The third-order valence-electron chi connectivity index (χ3n) is 2.18. The molecule has 0 fully saturated rings. The SMILES string of the molecule is CCC=Cn1ccc2cc(Cl)ccc21. The topological polar surface area (TPSA) is 4.93 Å². The zero-order chi connectivity index (χ0) is 9.97. The third kappa shape index (κ3) is 1.68. The molecule has 0 saturated carbocycles. The number of hydrogen-bond donors (Lipinski definition) is 0. The van der Waals surface area contributed by atoms with Crippen molar-refractivity contribution in [3.05, 3.63) is 41.6 Å². The van der Waals surface area contributed by atoms with Crippen molar-refractivity contribution in [1.29, 1.82) is 0 Å². The van der Waals surface area contributed by atoms with E-state index in [9.17, 15) is 0 Å². The van der Waals surface area contributed by atoms with Crippen LogP contribution in [-0.2, 0) is 0 Å². The molecule has 1 nitrogen and oxygen atoms in total. The molecule has 2 heteroatoms. The zero-order valence-electron chi connectivity index (χ0n) is 8.07. The minimum atomic E-state index is 0.787. The fourth-order valence-electron chi connectivity index (χ4n) is 1.48. The predicted molar refractivity (Wildman–Crippen MR) is 62.6 cm³/mol. The number of fused-ring (bicyclic) bond motifs is 1. The highest BCUT2D eigenvalue weighted by Gasteiger charge is 1.98. The summed E-state index contributed by atoms with van der Waals surface area (Å²) in [6, 6.07) is 8.01. The van der Waals surface area contributed by atoms with Gasteiger partial charge in [0.2, 0.25) is 0 Å². The van der Waals surface area contributed by atoms with Gasteiger partial charge in [0.25, 0.3) is 0 Å². The van der Waals surface area contributed by atoms with E-state index in [0.29, 0.717) is 0 Å². The molecule has 0 atom stereocenters. The fourth-order valence-corrected chi connectivity index (χ4v) is 1.66. The van der Waals surface area contributed by atoms with Crippen molar-refractivity contribution in [3.8, 4) is 0 Å². The lowest BCUT2D eigenvalue weighted by Crippen LogP contribution is -1.81. The van der Waals surface area contributed by atoms with Gasteiger partial charge in [-0.05, 0) is 30.7 Å². The van der Waals surface area contributed by atoms with Crippen LogP contribution in [0.3, 0.4) is 0 Å². The quantitative estimate of drug-likeness (QED) is 0.694. The number of halogens is 1. The van der Waals surface area contributed by atoms with Crippen molar-refractivity contribution in [2.75, 3.05) is 0 Å². The molecular weight excluding hydrogens is 194 g/mol. The van der Waals surface area contributed by atoms with Crippen LogP contribution in [0, 0.1) is 0 Å². The van der Waals surface area contributed by atoms with Crippen LogP contribution < -0.4 is 0 Å². The zero-order valence-corrected chi connectivity index (χ0v) is 8.83. The lowest BCUT2D eigenvalue weighted by Gasteiger charge is -1.97. The van der Waals surface area contributed by atoms with E-state index in [1.165, 1.54) is 10.9 Å². The Morgan fingerprint density at radius 3 is 3.00 bits per heavy atom. The Balaban J connectivity index is 2.53. The van der Waals surface area contributed by atoms with Gasteiger partial charge in [0.05, 0.1) is 5.52 Å². The maximum Gasteiger partial charge on any atom is 0.0523 e. The summed E-state index contributed by atoms with van der Waals surface area (Å²) in [7, 11) is 0. The first-order valence-corrected chi connectivity index (χ1v) is 5.12. The van der Waals surface area contributed by atoms with Gasteiger partial charge < -0.3 is 4.57 Å². The minimum Gasteiger partial charge on any atom is -0.324 e. The van der Waals surface area contributed by atoms with Crippen molar-refractivity contribution < 1.29 is 0 Å². The maximum atomic E-state index is 5.91. The van der Waals surface area contributed by atoms with Crippen LogP contribution in [0.15, 0.2) is 36.5 Å². The number of rotatable bonds is 2. The molecule has 0 N–H and O–H groups in total. The molecule has 2 rings (SSSR count). The summed E-state index contributed by atoms with van der Waals surface area (Å²) in [5, 5.41) is 1.97. The van der Waals surface area contributed by atoms with Crippen LogP contribution in [0.1, 0.15) is 13.3 Å². The largest absolute Gasteiger partial charge is 0.324 e. The molecule has 0 bridgehead atoms. The van der Waals surface area contributed by atoms with Gasteiger partial charge in [-0.1, -0.05) is 24.6 Å². The van der Waals surface area contributed by atoms with Gasteiger partial charge in [-0.15, -0.1) is 0 Å². The number of benzene rings is 1. The number of nitrogens with zero attached hydrogens (tertiary/aromatic N) is 1. The van der Waals surface area contributed by atoms with Crippen molar-refractivity contribution >= 4 is 28.7 Å². The second-order valence-electron chi connectivity index (χ2n) is 3.22. The van der Waals surface area contributed by atoms with Crippen LogP contribution in [0.2, 0.25) is 5.02 Å². The molecule has 0 spiro atoms. The molecule has 0 aliphatic rings. The van der Waals surface area contributed by atoms with E-state index in [0.717, 1.165) is 11.4 Å². The van der Waals surface area contributed by atoms with Gasteiger partial charge in [0.1, 0.15) is 0 Å². The molecule has 1 aromatic heterocycles. The van der Waals surface area contributed by atoms with Crippen molar-refractivity contribution in [2.24, 2.45) is 0 Å². The Bertz CT molecular complexity index is 468. The van der Waals surface area contributed by atoms with Crippen LogP contribution in [-0.4, -0.2) is 4.57 Å². The van der Waals surface area contributed by atoms with E-state index in [-0.39, 0.29) is 0 Å². The molecule has 0 aliphatic carbocycles. The van der Waals surface area contributed by atoms with Gasteiger partial charge in [-0.3, -0.25) is 0 Å². The highest BCUT2D eigenvalue weighted by molar-refractivity contribution is 6.31. The summed E-state index contributed by atoms with van der Waals surface area (Å²) in [5.41, 5.74) is 1.19. The second-order valence-corrected chi connectivity index (χ2v) is 3.66. The Hall–Kier alpha value is -1.21. The lowest BCUT2D eigenvalue weighted by molar-refractivity contribution is 1.17. The monoisotopic (exact) mass is 205 g/mol. The van der Waals surface area contributed by atoms with E-state index in [4.69, 9.17) is 11.6 Å². The highest BCUT2D eigenvalue weighted by atomic mass is 35.5. The van der Waals surface area contributed by atoms with Crippen LogP contribution in [0.5, 0.6) is 0 Å². The summed E-state index contributed by atoms with van der Waals surface area (Å²) in [5.74, 6) is 0. The fraction of sp³-hybridized carbons (Fsp3) is 0.167. The third-order valence-corrected chi connectivity index (χ3v) is 2.42. The van der Waals surface area contributed by atoms with E-state index in [1.54, 1.807) is 0 Å². The molecule has 1 aromatic carbocycles. The van der Waals surface area contributed by atoms with Gasteiger partial charge in [0, 0.05) is 22.8 Å². The normalized spacial score (nSPS) is 11.6. The van der Waals surface area contributed by atoms with E-state index in [2.05, 4.69) is 29.8 Å². The summed E-state index contributed by atoms with van der Waals surface area (Å²) in [6.07, 6.45) is 7.31. The van der Waals surface area contributed by atoms with Gasteiger partial charge in [-0.25, -0.2) is 0 Å². The Kier molecular flexibility index (Phi) is 2.60. The summed E-state index contributed by atoms with van der Waals surface area (Å²) in [6.45, 7) is 2.12. The van der Waals surface area contributed by atoms with Crippen LogP contribution >= 0.6 is 11.6 Å². The first-order chi connectivity index (χ1) is 6.81. The van der Waals surface area contributed by atoms with Gasteiger partial charge in [0.15, 0.2) is 0 Å². The average Bonchev–Trinajstić information content (AvgIpc) is 2.57. The molecule has 14 heavy (non-hydrogen) atoms. The minimum absolute atomic E-state index is 0.787. The molecular formula is C12H12ClN. The standard InChI is InChI=1S/C12H12ClN/c1-2-3-7-14-8-6-10-9-11(13)4-5-12(10)14/h3-9H,2H2,1H3. The van der Waals surface area contributed by atoms with E-state index >= 15 is 0 Å². The predicted octanol–water partition coefficient (Wildman–Crippen LogP) is 4.18. The maximum absolute atomic E-state index is 5.91. The molecule has 0 amide bonds. The van der Waals surface area contributed by atoms with Gasteiger partial charge >= 0.3 is 0 Å². The number of aromatic nitrogens is 1. The Morgan fingerprint density at radius 2 is 2.21 bits per heavy atom. The second kappa shape index (κ2) is 3.89. The van der Waals surface area contributed by atoms with Crippen LogP contribution in [0.4, 0.5) is 0 Å². The lowest BCUT2D eigenvalue weighted by atomic mass is 10.2. The van der Waals surface area contributed by atoms with Gasteiger partial charge in [-0.2, -0.15) is 0 Å². The van der Waals surface area contributed by atoms with Crippen molar-refractivity contribution in [1.82, 2.24) is 4.57 Å². The van der Waals surface area contributed by atoms with Crippen LogP contribution in [0.25, 0.3) is 17.1 Å². The molecule has 0 unspecified atom stereocenters. The molecule has 1 heterocycles. The average molecular weight is 206 g/mol. The summed E-state index contributed by atoms with van der Waals surface area (Å²) < 4.78 is 2.11. The number of allylic oxidation sites excluding steroid dienone is 1. The molecule has 0 aliphatic heterocycles. The number of hydrogen-bond acceptors (Lipinski definition) is 0. The smallest absolute Gasteiger partial charge is 0.0523 e. The van der Waals surface area contributed by atoms with Crippen molar-refractivity contribution in [3.63, 3.8) is 0 Å². The molecule has 72 valence electrons. The molecule has 0 saturated heterocycles. The first kappa shape index (κ1) is 9.35. The van der Waals surface area contributed by atoms with E-state index < -0.39 is 0 Å².